The van der Waals surface area contributed by atoms with Crippen molar-refractivity contribution in [1.29, 1.82) is 0 Å². The lowest BCUT2D eigenvalue weighted by molar-refractivity contribution is -0.120. The van der Waals surface area contributed by atoms with E-state index in [0.29, 0.717) is 17.1 Å². The van der Waals surface area contributed by atoms with Crippen molar-refractivity contribution < 1.29 is 19.1 Å². The number of carbonyl (C=O) groups excluding carboxylic acids is 2. The second kappa shape index (κ2) is 9.57. The molecular weight excluding hydrogens is 402 g/mol. The van der Waals surface area contributed by atoms with Crippen LogP contribution < -0.4 is 20.2 Å². The molecule has 2 rings (SSSR count). The molecule has 0 heterocycles. The first-order valence-electron chi connectivity index (χ1n) is 7.61. The van der Waals surface area contributed by atoms with Gasteiger partial charge in [0.05, 0.1) is 27.0 Å². The number of halogens is 1. The van der Waals surface area contributed by atoms with Gasteiger partial charge in [0.15, 0.2) is 11.5 Å². The Balaban J connectivity index is 1.84. The molecule has 0 unspecified atom stereocenters. The third-order valence-corrected chi connectivity index (χ3v) is 3.86. The highest BCUT2D eigenvalue weighted by molar-refractivity contribution is 9.10. The zero-order valence-electron chi connectivity index (χ0n) is 14.3. The molecule has 2 aromatic rings. The Morgan fingerprint density at radius 1 is 1.08 bits per heavy atom. The van der Waals surface area contributed by atoms with E-state index < -0.39 is 11.8 Å². The number of hydrogen-bond donors (Lipinski definition) is 2. The molecule has 0 radical (unpaired) electrons. The SMILES string of the molecule is COc1ccc(C(=O)NCC(=O)NN=Cc2ccc(Br)cc2)cc1OC. The average Bonchev–Trinajstić information content (AvgIpc) is 2.67. The Kier molecular flexibility index (Phi) is 7.16. The summed E-state index contributed by atoms with van der Waals surface area (Å²) in [5.41, 5.74) is 3.54. The molecule has 2 amide bonds. The predicted molar refractivity (Wildman–Crippen MR) is 102 cm³/mol. The van der Waals surface area contributed by atoms with Gasteiger partial charge in [-0.3, -0.25) is 9.59 Å². The van der Waals surface area contributed by atoms with E-state index in [2.05, 4.69) is 31.8 Å². The molecule has 0 bridgehead atoms. The van der Waals surface area contributed by atoms with Gasteiger partial charge in [-0.1, -0.05) is 28.1 Å². The molecule has 26 heavy (non-hydrogen) atoms. The second-order valence-corrected chi connectivity index (χ2v) is 6.01. The van der Waals surface area contributed by atoms with Crippen LogP contribution in [0.25, 0.3) is 0 Å². The summed E-state index contributed by atoms with van der Waals surface area (Å²) in [6.07, 6.45) is 1.51. The van der Waals surface area contributed by atoms with Gasteiger partial charge in [-0.05, 0) is 35.9 Å². The first kappa shape index (κ1) is 19.5. The summed E-state index contributed by atoms with van der Waals surface area (Å²) in [4.78, 5) is 23.9. The van der Waals surface area contributed by atoms with Gasteiger partial charge < -0.3 is 14.8 Å². The minimum atomic E-state index is -0.438. The number of methoxy groups -OCH3 is 2. The third kappa shape index (κ3) is 5.59. The number of benzene rings is 2. The fraction of sp³-hybridized carbons (Fsp3) is 0.167. The van der Waals surface area contributed by atoms with Crippen LogP contribution in [0.2, 0.25) is 0 Å². The molecule has 0 aliphatic carbocycles. The summed E-state index contributed by atoms with van der Waals surface area (Å²) >= 11 is 3.34. The van der Waals surface area contributed by atoms with E-state index in [0.717, 1.165) is 10.0 Å². The van der Waals surface area contributed by atoms with Crippen molar-refractivity contribution in [3.63, 3.8) is 0 Å². The minimum absolute atomic E-state index is 0.204. The van der Waals surface area contributed by atoms with E-state index in [-0.39, 0.29) is 6.54 Å². The normalized spacial score (nSPS) is 10.4. The number of ether oxygens (including phenoxy) is 2. The molecule has 0 aromatic heterocycles. The summed E-state index contributed by atoms with van der Waals surface area (Å²) in [6.45, 7) is -0.204. The fourth-order valence-electron chi connectivity index (χ4n) is 2.01. The molecule has 136 valence electrons. The van der Waals surface area contributed by atoms with Gasteiger partial charge in [-0.25, -0.2) is 5.43 Å². The van der Waals surface area contributed by atoms with Gasteiger partial charge in [-0.2, -0.15) is 5.10 Å². The highest BCUT2D eigenvalue weighted by Crippen LogP contribution is 2.27. The molecular formula is C18H18BrN3O4. The Bertz CT molecular complexity index is 807. The molecule has 7 nitrogen and oxygen atoms in total. The van der Waals surface area contributed by atoms with Crippen LogP contribution in [-0.4, -0.2) is 38.8 Å². The third-order valence-electron chi connectivity index (χ3n) is 3.33. The van der Waals surface area contributed by atoms with Crippen molar-refractivity contribution in [2.24, 2.45) is 5.10 Å². The van der Waals surface area contributed by atoms with Crippen molar-refractivity contribution in [3.8, 4) is 11.5 Å². The van der Waals surface area contributed by atoms with E-state index in [9.17, 15) is 9.59 Å². The van der Waals surface area contributed by atoms with Gasteiger partial charge in [0.25, 0.3) is 11.8 Å². The van der Waals surface area contributed by atoms with Crippen molar-refractivity contribution in [2.45, 2.75) is 0 Å². The summed E-state index contributed by atoms with van der Waals surface area (Å²) < 4.78 is 11.2. The molecule has 0 saturated carbocycles. The van der Waals surface area contributed by atoms with Crippen molar-refractivity contribution in [2.75, 3.05) is 20.8 Å². The summed E-state index contributed by atoms with van der Waals surface area (Å²) in [7, 11) is 2.99. The van der Waals surface area contributed by atoms with Gasteiger partial charge in [0, 0.05) is 10.0 Å². The van der Waals surface area contributed by atoms with Gasteiger partial charge in [0.2, 0.25) is 0 Å². The smallest absolute Gasteiger partial charge is 0.259 e. The molecule has 0 aliphatic heterocycles. The topological polar surface area (TPSA) is 89.0 Å². The Hall–Kier alpha value is -2.87. The van der Waals surface area contributed by atoms with Crippen LogP contribution in [0, 0.1) is 0 Å². The number of hydrazone groups is 1. The number of rotatable bonds is 7. The van der Waals surface area contributed by atoms with Crippen molar-refractivity contribution >= 4 is 34.0 Å². The molecule has 0 aliphatic rings. The second-order valence-electron chi connectivity index (χ2n) is 5.10. The average molecular weight is 420 g/mol. The summed E-state index contributed by atoms with van der Waals surface area (Å²) in [5, 5.41) is 6.36. The molecule has 8 heteroatoms. The van der Waals surface area contributed by atoms with Crippen LogP contribution in [0.15, 0.2) is 52.0 Å². The lowest BCUT2D eigenvalue weighted by Crippen LogP contribution is -2.34. The quantitative estimate of drug-likeness (QED) is 0.532. The van der Waals surface area contributed by atoms with Crippen LogP contribution in [0.1, 0.15) is 15.9 Å². The van der Waals surface area contributed by atoms with Gasteiger partial charge in [-0.15, -0.1) is 0 Å². The molecule has 0 atom stereocenters. The Morgan fingerprint density at radius 2 is 1.77 bits per heavy atom. The number of nitrogens with zero attached hydrogens (tertiary/aromatic N) is 1. The van der Waals surface area contributed by atoms with Gasteiger partial charge >= 0.3 is 0 Å². The largest absolute Gasteiger partial charge is 0.493 e. The number of hydrogen-bond acceptors (Lipinski definition) is 5. The highest BCUT2D eigenvalue weighted by Gasteiger charge is 2.11. The maximum absolute atomic E-state index is 12.1. The summed E-state index contributed by atoms with van der Waals surface area (Å²) in [5.74, 6) is 0.109. The molecule has 2 N–H and O–H groups in total. The number of amides is 2. The predicted octanol–water partition coefficient (Wildman–Crippen LogP) is 2.35. The fourth-order valence-corrected chi connectivity index (χ4v) is 2.27. The molecule has 0 spiro atoms. The van der Waals surface area contributed by atoms with Crippen molar-refractivity contribution in [3.05, 3.63) is 58.1 Å². The maximum atomic E-state index is 12.1. The van der Waals surface area contributed by atoms with Crippen LogP contribution in [0.3, 0.4) is 0 Å². The highest BCUT2D eigenvalue weighted by atomic mass is 79.9. The standard InChI is InChI=1S/C18H18BrN3O4/c1-25-15-8-5-13(9-16(15)26-2)18(24)20-11-17(23)22-21-10-12-3-6-14(19)7-4-12/h3-10H,11H2,1-2H3,(H,20,24)(H,22,23). The van der Waals surface area contributed by atoms with Crippen LogP contribution >= 0.6 is 15.9 Å². The Morgan fingerprint density at radius 3 is 2.42 bits per heavy atom. The van der Waals surface area contributed by atoms with E-state index in [1.807, 2.05) is 24.3 Å². The van der Waals surface area contributed by atoms with E-state index in [1.54, 1.807) is 12.1 Å². The van der Waals surface area contributed by atoms with Crippen LogP contribution in [0.5, 0.6) is 11.5 Å². The first-order chi connectivity index (χ1) is 12.5. The van der Waals surface area contributed by atoms with Gasteiger partial charge in [0.1, 0.15) is 0 Å². The van der Waals surface area contributed by atoms with E-state index >= 15 is 0 Å². The monoisotopic (exact) mass is 419 g/mol. The minimum Gasteiger partial charge on any atom is -0.493 e. The molecule has 2 aromatic carbocycles. The lowest BCUT2D eigenvalue weighted by Gasteiger charge is -2.09. The molecule has 0 fully saturated rings. The zero-order valence-corrected chi connectivity index (χ0v) is 15.9. The first-order valence-corrected chi connectivity index (χ1v) is 8.40. The Labute approximate surface area is 159 Å². The van der Waals surface area contributed by atoms with E-state index in [4.69, 9.17) is 9.47 Å². The summed E-state index contributed by atoms with van der Waals surface area (Å²) in [6, 6.07) is 12.2. The zero-order chi connectivity index (χ0) is 18.9. The van der Waals surface area contributed by atoms with Crippen molar-refractivity contribution in [1.82, 2.24) is 10.7 Å². The van der Waals surface area contributed by atoms with Crippen LogP contribution in [0.4, 0.5) is 0 Å². The van der Waals surface area contributed by atoms with E-state index in [1.165, 1.54) is 26.5 Å². The lowest BCUT2D eigenvalue weighted by atomic mass is 10.2. The maximum Gasteiger partial charge on any atom is 0.259 e. The number of nitrogens with one attached hydrogen (secondary N) is 2. The number of carbonyl (C=O) groups is 2. The van der Waals surface area contributed by atoms with Crippen LogP contribution in [-0.2, 0) is 4.79 Å². The molecule has 0 saturated heterocycles.